The molecular formula is C28H28BrNO4. The smallest absolute Gasteiger partial charge is 0.316 e. The van der Waals surface area contributed by atoms with Crippen molar-refractivity contribution in [2.24, 2.45) is 11.3 Å². The van der Waals surface area contributed by atoms with Crippen LogP contribution in [0.4, 0.5) is 5.69 Å². The molecule has 1 amide bonds. The summed E-state index contributed by atoms with van der Waals surface area (Å²) in [5.41, 5.74) is 2.02. The number of nitrogens with one attached hydrogen (secondary N) is 1. The van der Waals surface area contributed by atoms with Crippen LogP contribution in [0.25, 0.3) is 11.1 Å². The number of carboxylic acids is 1. The molecule has 34 heavy (non-hydrogen) atoms. The maximum Gasteiger partial charge on any atom is 0.316 e. The average Bonchev–Trinajstić information content (AvgIpc) is 2.84. The van der Waals surface area contributed by atoms with Gasteiger partial charge in [0.1, 0.15) is 5.92 Å². The molecule has 3 rings (SSSR count). The van der Waals surface area contributed by atoms with Crippen molar-refractivity contribution in [3.63, 3.8) is 0 Å². The summed E-state index contributed by atoms with van der Waals surface area (Å²) in [4.78, 5) is 38.6. The van der Waals surface area contributed by atoms with Gasteiger partial charge in [0.25, 0.3) is 0 Å². The number of aliphatic carboxylic acids is 1. The summed E-state index contributed by atoms with van der Waals surface area (Å²) in [5.74, 6) is -3.37. The number of hydrogen-bond donors (Lipinski definition) is 2. The van der Waals surface area contributed by atoms with Crippen LogP contribution < -0.4 is 5.32 Å². The molecule has 176 valence electrons. The minimum Gasteiger partial charge on any atom is -0.481 e. The Kier molecular flexibility index (Phi) is 8.40. The van der Waals surface area contributed by atoms with E-state index in [2.05, 4.69) is 21.2 Å². The van der Waals surface area contributed by atoms with Crippen LogP contribution >= 0.6 is 15.9 Å². The van der Waals surface area contributed by atoms with Crippen LogP contribution in [0.2, 0.25) is 0 Å². The van der Waals surface area contributed by atoms with Gasteiger partial charge in [-0.3, -0.25) is 14.4 Å². The predicted molar refractivity (Wildman–Crippen MR) is 138 cm³/mol. The quantitative estimate of drug-likeness (QED) is 0.226. The van der Waals surface area contributed by atoms with E-state index in [9.17, 15) is 19.5 Å². The van der Waals surface area contributed by atoms with Crippen molar-refractivity contribution in [2.75, 3.05) is 5.32 Å². The lowest BCUT2D eigenvalue weighted by Crippen LogP contribution is -2.44. The normalized spacial score (nSPS) is 12.1. The molecule has 1 atom stereocenters. The molecule has 0 bridgehead atoms. The molecule has 3 aromatic carbocycles. The molecule has 0 saturated heterocycles. The van der Waals surface area contributed by atoms with Gasteiger partial charge in [0.05, 0.1) is 0 Å². The van der Waals surface area contributed by atoms with E-state index in [1.54, 1.807) is 36.4 Å². The molecule has 1 unspecified atom stereocenters. The van der Waals surface area contributed by atoms with Crippen LogP contribution in [-0.2, 0) is 9.59 Å². The first kappa shape index (κ1) is 25.4. The van der Waals surface area contributed by atoms with E-state index >= 15 is 0 Å². The van der Waals surface area contributed by atoms with E-state index in [0.717, 1.165) is 15.6 Å². The summed E-state index contributed by atoms with van der Waals surface area (Å²) in [5, 5.41) is 12.7. The third kappa shape index (κ3) is 5.81. The summed E-state index contributed by atoms with van der Waals surface area (Å²) in [6.45, 7) is 3.66. The Morgan fingerprint density at radius 1 is 0.853 bits per heavy atom. The predicted octanol–water partition coefficient (Wildman–Crippen LogP) is 6.83. The first-order chi connectivity index (χ1) is 16.3. The van der Waals surface area contributed by atoms with Crippen LogP contribution in [0.1, 0.15) is 43.5 Å². The maximum atomic E-state index is 13.2. The van der Waals surface area contributed by atoms with E-state index < -0.39 is 23.2 Å². The summed E-state index contributed by atoms with van der Waals surface area (Å²) >= 11 is 3.43. The number of hydrogen-bond acceptors (Lipinski definition) is 3. The SMILES string of the molecule is CCC(CC)(CC(=O)c1ccc(-c2ccc(Br)cc2)cc1)C(C(=O)O)C(=O)Nc1ccccc1. The Labute approximate surface area is 208 Å². The Bertz CT molecular complexity index is 1140. The fourth-order valence-corrected chi connectivity index (χ4v) is 4.58. The number of ketones is 1. The van der Waals surface area contributed by atoms with E-state index in [0.29, 0.717) is 24.1 Å². The van der Waals surface area contributed by atoms with Crippen molar-refractivity contribution < 1.29 is 19.5 Å². The second-order valence-corrected chi connectivity index (χ2v) is 9.30. The molecule has 0 aliphatic heterocycles. The maximum absolute atomic E-state index is 13.2. The van der Waals surface area contributed by atoms with E-state index in [4.69, 9.17) is 0 Å². The molecule has 0 aliphatic carbocycles. The highest BCUT2D eigenvalue weighted by Gasteiger charge is 2.46. The number of Topliss-reactive ketones (excluding diaryl/α,β-unsaturated/α-hetero) is 1. The van der Waals surface area contributed by atoms with Crippen LogP contribution in [0.15, 0.2) is 83.3 Å². The zero-order chi connectivity index (χ0) is 24.7. The minimum absolute atomic E-state index is 0.0309. The number of carbonyl (C=O) groups excluding carboxylic acids is 2. The van der Waals surface area contributed by atoms with Gasteiger partial charge in [-0.15, -0.1) is 0 Å². The molecule has 0 heterocycles. The van der Waals surface area contributed by atoms with Gasteiger partial charge in [0.15, 0.2) is 5.78 Å². The molecule has 0 aromatic heterocycles. The van der Waals surface area contributed by atoms with Gasteiger partial charge in [-0.05, 0) is 53.6 Å². The highest BCUT2D eigenvalue weighted by atomic mass is 79.9. The lowest BCUT2D eigenvalue weighted by Gasteiger charge is -2.36. The van der Waals surface area contributed by atoms with Crippen molar-refractivity contribution in [1.82, 2.24) is 0 Å². The molecule has 0 saturated carbocycles. The van der Waals surface area contributed by atoms with Gasteiger partial charge in [0.2, 0.25) is 5.91 Å². The van der Waals surface area contributed by atoms with Gasteiger partial charge < -0.3 is 10.4 Å². The highest BCUT2D eigenvalue weighted by Crippen LogP contribution is 2.41. The summed E-state index contributed by atoms with van der Waals surface area (Å²) in [6, 6.07) is 23.9. The van der Waals surface area contributed by atoms with Crippen LogP contribution in [0.3, 0.4) is 0 Å². The Morgan fingerprint density at radius 3 is 1.88 bits per heavy atom. The van der Waals surface area contributed by atoms with E-state index in [1.807, 2.05) is 56.3 Å². The van der Waals surface area contributed by atoms with Gasteiger partial charge in [0, 0.05) is 22.1 Å². The first-order valence-electron chi connectivity index (χ1n) is 11.3. The van der Waals surface area contributed by atoms with Crippen LogP contribution in [-0.4, -0.2) is 22.8 Å². The summed E-state index contributed by atoms with van der Waals surface area (Å²) in [7, 11) is 0. The third-order valence-corrected chi connectivity index (χ3v) is 7.00. The third-order valence-electron chi connectivity index (χ3n) is 6.47. The minimum atomic E-state index is -1.35. The van der Waals surface area contributed by atoms with Crippen molar-refractivity contribution in [3.8, 4) is 11.1 Å². The molecule has 3 aromatic rings. The molecule has 2 N–H and O–H groups in total. The molecule has 0 spiro atoms. The molecule has 5 nitrogen and oxygen atoms in total. The number of carbonyl (C=O) groups is 3. The van der Waals surface area contributed by atoms with E-state index in [1.165, 1.54) is 0 Å². The fraction of sp³-hybridized carbons (Fsp3) is 0.250. The summed E-state index contributed by atoms with van der Waals surface area (Å²) in [6.07, 6.45) is 0.730. The largest absolute Gasteiger partial charge is 0.481 e. The average molecular weight is 522 g/mol. The second kappa shape index (κ2) is 11.3. The van der Waals surface area contributed by atoms with Crippen LogP contribution in [0.5, 0.6) is 0 Å². The summed E-state index contributed by atoms with van der Waals surface area (Å²) < 4.78 is 0.989. The topological polar surface area (TPSA) is 83.5 Å². The number of anilines is 1. The van der Waals surface area contributed by atoms with E-state index in [-0.39, 0.29) is 12.2 Å². The van der Waals surface area contributed by atoms with Crippen molar-refractivity contribution in [3.05, 3.63) is 88.9 Å². The van der Waals surface area contributed by atoms with Gasteiger partial charge in [-0.25, -0.2) is 0 Å². The van der Waals surface area contributed by atoms with Crippen molar-refractivity contribution >= 4 is 39.3 Å². The Morgan fingerprint density at radius 2 is 1.38 bits per heavy atom. The lowest BCUT2D eigenvalue weighted by molar-refractivity contribution is -0.151. The molecule has 0 radical (unpaired) electrons. The van der Waals surface area contributed by atoms with Gasteiger partial charge >= 0.3 is 5.97 Å². The molecular weight excluding hydrogens is 494 g/mol. The Hall–Kier alpha value is -3.25. The zero-order valence-corrected chi connectivity index (χ0v) is 20.8. The van der Waals surface area contributed by atoms with Crippen molar-refractivity contribution in [1.29, 1.82) is 0 Å². The first-order valence-corrected chi connectivity index (χ1v) is 12.1. The Balaban J connectivity index is 1.83. The number of rotatable bonds is 10. The number of amides is 1. The number of para-hydroxylation sites is 1. The zero-order valence-electron chi connectivity index (χ0n) is 19.3. The van der Waals surface area contributed by atoms with Crippen LogP contribution in [0, 0.1) is 11.3 Å². The molecule has 6 heteroatoms. The fourth-order valence-electron chi connectivity index (χ4n) is 4.31. The second-order valence-electron chi connectivity index (χ2n) is 8.38. The molecule has 0 aliphatic rings. The highest BCUT2D eigenvalue weighted by molar-refractivity contribution is 9.10. The van der Waals surface area contributed by atoms with Crippen molar-refractivity contribution in [2.45, 2.75) is 33.1 Å². The number of carboxylic acid groups (broad SMARTS) is 1. The van der Waals surface area contributed by atoms with Gasteiger partial charge in [-0.1, -0.05) is 84.4 Å². The molecule has 0 fully saturated rings. The van der Waals surface area contributed by atoms with Gasteiger partial charge in [-0.2, -0.15) is 0 Å². The number of benzene rings is 3. The standard InChI is InChI=1S/C28H28BrNO4/c1-3-28(4-2,25(27(33)34)26(32)30-23-8-6-5-7-9-23)18-24(31)21-12-10-19(11-13-21)20-14-16-22(29)17-15-20/h5-17,25H,3-4,18H2,1-2H3,(H,30,32)(H,33,34). The lowest BCUT2D eigenvalue weighted by atomic mass is 9.67. The number of halogens is 1. The monoisotopic (exact) mass is 521 g/mol.